The highest BCUT2D eigenvalue weighted by Crippen LogP contribution is 2.17. The fourth-order valence-corrected chi connectivity index (χ4v) is 2.65. The molecular formula is C19H18N4O3. The third-order valence-corrected chi connectivity index (χ3v) is 3.85. The molecule has 0 aliphatic rings. The number of fused-ring (bicyclic) bond motifs is 1. The Kier molecular flexibility index (Phi) is 4.79. The molecule has 0 aliphatic heterocycles. The van der Waals surface area contributed by atoms with Crippen LogP contribution in [0.3, 0.4) is 0 Å². The highest BCUT2D eigenvalue weighted by Gasteiger charge is 2.16. The van der Waals surface area contributed by atoms with Gasteiger partial charge in [-0.2, -0.15) is 5.10 Å². The summed E-state index contributed by atoms with van der Waals surface area (Å²) in [4.78, 5) is 36.1. The molecule has 0 saturated heterocycles. The Hall–Kier alpha value is -3.48. The molecule has 7 heteroatoms. The number of hydrogen-bond donors (Lipinski definition) is 2. The lowest BCUT2D eigenvalue weighted by Gasteiger charge is -2.10. The monoisotopic (exact) mass is 350 g/mol. The average Bonchev–Trinajstić information content (AvgIpc) is 2.63. The van der Waals surface area contributed by atoms with Crippen LogP contribution in [-0.2, 0) is 11.3 Å². The Balaban J connectivity index is 1.94. The zero-order chi connectivity index (χ0) is 18.7. The van der Waals surface area contributed by atoms with Crippen molar-refractivity contribution in [2.75, 3.05) is 10.6 Å². The van der Waals surface area contributed by atoms with Crippen LogP contribution in [0.4, 0.5) is 11.4 Å². The topological polar surface area (TPSA) is 93.1 Å². The van der Waals surface area contributed by atoms with E-state index in [1.807, 2.05) is 0 Å². The molecule has 3 rings (SSSR count). The zero-order valence-electron chi connectivity index (χ0n) is 14.4. The van der Waals surface area contributed by atoms with Crippen LogP contribution in [0.15, 0.2) is 53.3 Å². The summed E-state index contributed by atoms with van der Waals surface area (Å²) in [7, 11) is 0. The van der Waals surface area contributed by atoms with E-state index in [9.17, 15) is 14.4 Å². The highest BCUT2D eigenvalue weighted by molar-refractivity contribution is 6.11. The molecule has 0 atom stereocenters. The number of rotatable bonds is 4. The van der Waals surface area contributed by atoms with E-state index >= 15 is 0 Å². The van der Waals surface area contributed by atoms with Crippen molar-refractivity contribution in [3.8, 4) is 0 Å². The summed E-state index contributed by atoms with van der Waals surface area (Å²) in [6.07, 6.45) is 0. The summed E-state index contributed by atoms with van der Waals surface area (Å²) in [6, 6.07) is 13.7. The molecule has 0 radical (unpaired) electrons. The Morgan fingerprint density at radius 3 is 2.12 bits per heavy atom. The Bertz CT molecular complexity index is 1040. The van der Waals surface area contributed by atoms with Gasteiger partial charge >= 0.3 is 0 Å². The van der Waals surface area contributed by atoms with Crippen molar-refractivity contribution in [2.24, 2.45) is 0 Å². The van der Waals surface area contributed by atoms with E-state index in [0.29, 0.717) is 28.7 Å². The van der Waals surface area contributed by atoms with Crippen LogP contribution in [0.2, 0.25) is 0 Å². The molecule has 0 spiro atoms. The van der Waals surface area contributed by atoms with Crippen molar-refractivity contribution in [1.29, 1.82) is 0 Å². The number of aryl methyl sites for hydroxylation is 1. The van der Waals surface area contributed by atoms with Crippen LogP contribution in [0, 0.1) is 0 Å². The van der Waals surface area contributed by atoms with Gasteiger partial charge < -0.3 is 10.6 Å². The third kappa shape index (κ3) is 3.46. The van der Waals surface area contributed by atoms with Gasteiger partial charge in [-0.1, -0.05) is 18.2 Å². The number of carbonyl (C=O) groups excluding carboxylic acids is 2. The van der Waals surface area contributed by atoms with Crippen LogP contribution >= 0.6 is 0 Å². The molecule has 1 heterocycles. The molecule has 1 aromatic heterocycles. The quantitative estimate of drug-likeness (QED) is 0.756. The number of amides is 2. The van der Waals surface area contributed by atoms with Gasteiger partial charge in [-0.3, -0.25) is 14.4 Å². The molecule has 0 unspecified atom stereocenters. The van der Waals surface area contributed by atoms with Crippen molar-refractivity contribution in [2.45, 2.75) is 20.4 Å². The van der Waals surface area contributed by atoms with Gasteiger partial charge in [0.05, 0.1) is 5.39 Å². The molecule has 0 saturated carbocycles. The number of nitrogens with zero attached hydrogens (tertiary/aromatic N) is 2. The smallest absolute Gasteiger partial charge is 0.276 e. The Labute approximate surface area is 149 Å². The number of carbonyl (C=O) groups is 2. The molecule has 132 valence electrons. The highest BCUT2D eigenvalue weighted by atomic mass is 16.2. The molecule has 2 amide bonds. The lowest BCUT2D eigenvalue weighted by molar-refractivity contribution is -0.114. The number of benzene rings is 2. The molecule has 0 aliphatic carbocycles. The predicted molar refractivity (Wildman–Crippen MR) is 100 cm³/mol. The van der Waals surface area contributed by atoms with Crippen molar-refractivity contribution in [3.05, 3.63) is 64.6 Å². The number of anilines is 2. The maximum Gasteiger partial charge on any atom is 0.276 e. The summed E-state index contributed by atoms with van der Waals surface area (Å²) in [5.74, 6) is -0.574. The number of nitrogens with one attached hydrogen (secondary N) is 2. The summed E-state index contributed by atoms with van der Waals surface area (Å²) in [5.41, 5.74) is 1.16. The van der Waals surface area contributed by atoms with Crippen molar-refractivity contribution in [3.63, 3.8) is 0 Å². The van der Waals surface area contributed by atoms with E-state index in [2.05, 4.69) is 15.7 Å². The van der Waals surface area contributed by atoms with Gasteiger partial charge in [0.25, 0.3) is 11.5 Å². The first-order chi connectivity index (χ1) is 12.5. The second kappa shape index (κ2) is 7.18. The van der Waals surface area contributed by atoms with E-state index in [1.54, 1.807) is 55.5 Å². The van der Waals surface area contributed by atoms with E-state index < -0.39 is 5.91 Å². The van der Waals surface area contributed by atoms with Crippen LogP contribution in [-0.4, -0.2) is 21.6 Å². The summed E-state index contributed by atoms with van der Waals surface area (Å²) in [6.45, 7) is 3.59. The molecule has 0 fully saturated rings. The lowest BCUT2D eigenvalue weighted by Crippen LogP contribution is -2.27. The SMILES string of the molecule is CCn1nc(C(=O)Nc2ccc(NC(C)=O)cc2)c2ccccc2c1=O. The van der Waals surface area contributed by atoms with Gasteiger partial charge in [0.1, 0.15) is 0 Å². The van der Waals surface area contributed by atoms with Crippen LogP contribution < -0.4 is 16.2 Å². The van der Waals surface area contributed by atoms with Crippen LogP contribution in [0.1, 0.15) is 24.3 Å². The first-order valence-electron chi connectivity index (χ1n) is 8.18. The van der Waals surface area contributed by atoms with Gasteiger partial charge in [0.2, 0.25) is 5.91 Å². The van der Waals surface area contributed by atoms with Crippen molar-refractivity contribution < 1.29 is 9.59 Å². The van der Waals surface area contributed by atoms with E-state index in [1.165, 1.54) is 11.6 Å². The molecule has 2 aromatic carbocycles. The average molecular weight is 350 g/mol. The first-order valence-corrected chi connectivity index (χ1v) is 8.18. The minimum Gasteiger partial charge on any atom is -0.326 e. The van der Waals surface area contributed by atoms with Gasteiger partial charge in [-0.05, 0) is 37.3 Å². The second-order valence-electron chi connectivity index (χ2n) is 5.73. The van der Waals surface area contributed by atoms with Crippen molar-refractivity contribution >= 4 is 34.0 Å². The molecule has 2 N–H and O–H groups in total. The predicted octanol–water partition coefficient (Wildman–Crippen LogP) is 2.63. The number of hydrogen-bond acceptors (Lipinski definition) is 4. The van der Waals surface area contributed by atoms with Gasteiger partial charge in [0.15, 0.2) is 5.69 Å². The van der Waals surface area contributed by atoms with E-state index in [-0.39, 0.29) is 17.2 Å². The maximum absolute atomic E-state index is 12.7. The molecule has 7 nitrogen and oxygen atoms in total. The third-order valence-electron chi connectivity index (χ3n) is 3.85. The van der Waals surface area contributed by atoms with E-state index in [0.717, 1.165) is 0 Å². The maximum atomic E-state index is 12.7. The van der Waals surface area contributed by atoms with Gasteiger partial charge in [-0.25, -0.2) is 4.68 Å². The summed E-state index contributed by atoms with van der Waals surface area (Å²) < 4.78 is 1.27. The molecule has 3 aromatic rings. The molecular weight excluding hydrogens is 332 g/mol. The second-order valence-corrected chi connectivity index (χ2v) is 5.73. The first kappa shape index (κ1) is 17.3. The van der Waals surface area contributed by atoms with Gasteiger partial charge in [-0.15, -0.1) is 0 Å². The van der Waals surface area contributed by atoms with Crippen LogP contribution in [0.25, 0.3) is 10.8 Å². The molecule has 0 bridgehead atoms. The van der Waals surface area contributed by atoms with Gasteiger partial charge in [0, 0.05) is 30.2 Å². The lowest BCUT2D eigenvalue weighted by atomic mass is 10.1. The van der Waals surface area contributed by atoms with Crippen LogP contribution in [0.5, 0.6) is 0 Å². The minimum atomic E-state index is -0.407. The standard InChI is InChI=1S/C19H18N4O3/c1-3-23-19(26)16-7-5-4-6-15(16)17(22-23)18(25)21-14-10-8-13(9-11-14)20-12(2)24/h4-11H,3H2,1-2H3,(H,20,24)(H,21,25). The minimum absolute atomic E-state index is 0.167. The fraction of sp³-hybridized carbons (Fsp3) is 0.158. The fourth-order valence-electron chi connectivity index (χ4n) is 2.65. The Morgan fingerprint density at radius 2 is 1.54 bits per heavy atom. The zero-order valence-corrected chi connectivity index (χ0v) is 14.4. The normalized spacial score (nSPS) is 10.5. The summed E-state index contributed by atoms with van der Waals surface area (Å²) >= 11 is 0. The molecule has 26 heavy (non-hydrogen) atoms. The summed E-state index contributed by atoms with van der Waals surface area (Å²) in [5, 5.41) is 10.6. The van der Waals surface area contributed by atoms with Crippen molar-refractivity contribution in [1.82, 2.24) is 9.78 Å². The largest absolute Gasteiger partial charge is 0.326 e. The Morgan fingerprint density at radius 1 is 0.962 bits per heavy atom. The number of aromatic nitrogens is 2. The van der Waals surface area contributed by atoms with E-state index in [4.69, 9.17) is 0 Å².